The third kappa shape index (κ3) is 2.51. The maximum absolute atomic E-state index is 10.5. The molecule has 0 saturated heterocycles. The Labute approximate surface area is 114 Å². The molecule has 0 aliphatic carbocycles. The predicted molar refractivity (Wildman–Crippen MR) is 73.2 cm³/mol. The molecule has 100 valence electrons. The van der Waals surface area contributed by atoms with Crippen LogP contribution in [0.25, 0.3) is 22.2 Å². The highest BCUT2D eigenvalue weighted by Gasteiger charge is 2.10. The van der Waals surface area contributed by atoms with Crippen molar-refractivity contribution in [3.8, 4) is 11.5 Å². The number of rotatable bonds is 4. The summed E-state index contributed by atoms with van der Waals surface area (Å²) in [6.07, 6.45) is 0.231. The molecule has 0 aliphatic rings. The lowest BCUT2D eigenvalue weighted by atomic mass is 10.1. The van der Waals surface area contributed by atoms with Crippen LogP contribution in [-0.4, -0.2) is 21.3 Å². The second-order valence-electron chi connectivity index (χ2n) is 4.46. The summed E-state index contributed by atoms with van der Waals surface area (Å²) in [5.74, 6) is -0.123. The van der Waals surface area contributed by atoms with Gasteiger partial charge in [-0.25, -0.2) is 0 Å². The van der Waals surface area contributed by atoms with Gasteiger partial charge in [-0.1, -0.05) is 30.3 Å². The molecule has 20 heavy (non-hydrogen) atoms. The Balaban J connectivity index is 1.89. The Morgan fingerprint density at radius 1 is 1.10 bits per heavy atom. The first-order valence-corrected chi connectivity index (χ1v) is 6.26. The molecule has 5 nitrogen and oxygen atoms in total. The fourth-order valence-corrected chi connectivity index (χ4v) is 2.01. The van der Waals surface area contributed by atoms with E-state index in [4.69, 9.17) is 9.52 Å². The molecule has 0 unspecified atom stereocenters. The van der Waals surface area contributed by atoms with Gasteiger partial charge in [0.25, 0.3) is 0 Å². The van der Waals surface area contributed by atoms with Gasteiger partial charge in [0.15, 0.2) is 0 Å². The summed E-state index contributed by atoms with van der Waals surface area (Å²) in [4.78, 5) is 10.5. The summed E-state index contributed by atoms with van der Waals surface area (Å²) < 4.78 is 5.48. The molecule has 0 atom stereocenters. The standard InChI is InChI=1S/C15H12N2O3/c18-14(19)8-7-13-16-17-15(20-13)12-6-5-10-3-1-2-4-11(10)9-12/h1-6,9H,7-8H2,(H,18,19). The summed E-state index contributed by atoms with van der Waals surface area (Å²) in [7, 11) is 0. The van der Waals surface area contributed by atoms with Crippen LogP contribution in [-0.2, 0) is 11.2 Å². The maximum Gasteiger partial charge on any atom is 0.303 e. The van der Waals surface area contributed by atoms with Gasteiger partial charge in [0.05, 0.1) is 6.42 Å². The molecule has 0 spiro atoms. The van der Waals surface area contributed by atoms with Gasteiger partial charge >= 0.3 is 5.97 Å². The molecule has 0 aliphatic heterocycles. The molecule has 3 aromatic rings. The van der Waals surface area contributed by atoms with E-state index >= 15 is 0 Å². The molecule has 1 aromatic heterocycles. The number of fused-ring (bicyclic) bond motifs is 1. The fraction of sp³-hybridized carbons (Fsp3) is 0.133. The van der Waals surface area contributed by atoms with Crippen molar-refractivity contribution in [2.24, 2.45) is 0 Å². The Kier molecular flexibility index (Phi) is 3.16. The summed E-state index contributed by atoms with van der Waals surface area (Å²) in [6.45, 7) is 0. The average molecular weight is 268 g/mol. The van der Waals surface area contributed by atoms with Gasteiger partial charge in [0.1, 0.15) is 0 Å². The quantitative estimate of drug-likeness (QED) is 0.787. The molecule has 1 N–H and O–H groups in total. The number of aromatic nitrogens is 2. The van der Waals surface area contributed by atoms with Gasteiger partial charge in [0, 0.05) is 12.0 Å². The number of nitrogens with zero attached hydrogens (tertiary/aromatic N) is 2. The van der Waals surface area contributed by atoms with Crippen molar-refractivity contribution in [2.45, 2.75) is 12.8 Å². The fourth-order valence-electron chi connectivity index (χ4n) is 2.01. The summed E-state index contributed by atoms with van der Waals surface area (Å²) in [5, 5.41) is 18.7. The van der Waals surface area contributed by atoms with Crippen LogP contribution in [0.2, 0.25) is 0 Å². The van der Waals surface area contributed by atoms with E-state index in [1.54, 1.807) is 0 Å². The van der Waals surface area contributed by atoms with Gasteiger partial charge in [-0.2, -0.15) is 0 Å². The summed E-state index contributed by atoms with van der Waals surface area (Å²) in [5.41, 5.74) is 0.831. The zero-order valence-electron chi connectivity index (χ0n) is 10.6. The van der Waals surface area contributed by atoms with Crippen molar-refractivity contribution >= 4 is 16.7 Å². The van der Waals surface area contributed by atoms with Crippen LogP contribution >= 0.6 is 0 Å². The number of carbonyl (C=O) groups is 1. The monoisotopic (exact) mass is 268 g/mol. The molecule has 0 amide bonds. The topological polar surface area (TPSA) is 76.2 Å². The number of carboxylic acid groups (broad SMARTS) is 1. The lowest BCUT2D eigenvalue weighted by Crippen LogP contribution is -1.97. The van der Waals surface area contributed by atoms with Gasteiger partial charge < -0.3 is 9.52 Å². The van der Waals surface area contributed by atoms with Crippen LogP contribution < -0.4 is 0 Å². The Bertz CT molecular complexity index is 764. The summed E-state index contributed by atoms with van der Waals surface area (Å²) in [6, 6.07) is 13.9. The van der Waals surface area contributed by atoms with Crippen molar-refractivity contribution in [1.82, 2.24) is 10.2 Å². The van der Waals surface area contributed by atoms with Gasteiger partial charge in [-0.15, -0.1) is 10.2 Å². The largest absolute Gasteiger partial charge is 0.481 e. The second kappa shape index (κ2) is 5.13. The first kappa shape index (κ1) is 12.3. The lowest BCUT2D eigenvalue weighted by Gasteiger charge is -1.99. The van der Waals surface area contributed by atoms with Crippen molar-refractivity contribution < 1.29 is 14.3 Å². The highest BCUT2D eigenvalue weighted by Crippen LogP contribution is 2.23. The van der Waals surface area contributed by atoms with E-state index < -0.39 is 5.97 Å². The smallest absolute Gasteiger partial charge is 0.303 e. The molecule has 0 bridgehead atoms. The summed E-state index contributed by atoms with van der Waals surface area (Å²) >= 11 is 0. The molecule has 2 aromatic carbocycles. The van der Waals surface area contributed by atoms with Crippen LogP contribution in [0, 0.1) is 0 Å². The third-order valence-corrected chi connectivity index (χ3v) is 3.02. The molecule has 1 heterocycles. The van der Waals surface area contributed by atoms with Gasteiger partial charge in [-0.3, -0.25) is 4.79 Å². The minimum atomic E-state index is -0.879. The maximum atomic E-state index is 10.5. The number of carboxylic acids is 1. The zero-order valence-corrected chi connectivity index (χ0v) is 10.6. The van der Waals surface area contributed by atoms with Crippen LogP contribution in [0.4, 0.5) is 0 Å². The van der Waals surface area contributed by atoms with Crippen molar-refractivity contribution in [1.29, 1.82) is 0 Å². The van der Waals surface area contributed by atoms with Gasteiger partial charge in [0.2, 0.25) is 11.8 Å². The van der Waals surface area contributed by atoms with Gasteiger partial charge in [-0.05, 0) is 22.9 Å². The molecule has 0 radical (unpaired) electrons. The van der Waals surface area contributed by atoms with E-state index in [1.807, 2.05) is 42.5 Å². The van der Waals surface area contributed by atoms with E-state index in [2.05, 4.69) is 10.2 Å². The molecule has 0 fully saturated rings. The van der Waals surface area contributed by atoms with Crippen LogP contribution in [0.15, 0.2) is 46.9 Å². The highest BCUT2D eigenvalue weighted by molar-refractivity contribution is 5.86. The molecular weight excluding hydrogens is 256 g/mol. The Morgan fingerprint density at radius 3 is 2.70 bits per heavy atom. The van der Waals surface area contributed by atoms with E-state index in [-0.39, 0.29) is 12.8 Å². The SMILES string of the molecule is O=C(O)CCc1nnc(-c2ccc3ccccc3c2)o1. The van der Waals surface area contributed by atoms with Crippen molar-refractivity contribution in [3.63, 3.8) is 0 Å². The van der Waals surface area contributed by atoms with Crippen LogP contribution in [0.3, 0.4) is 0 Å². The minimum absolute atomic E-state index is 0.0145. The normalized spacial score (nSPS) is 10.8. The lowest BCUT2D eigenvalue weighted by molar-refractivity contribution is -0.137. The number of hydrogen-bond acceptors (Lipinski definition) is 4. The number of aliphatic carboxylic acids is 1. The predicted octanol–water partition coefficient (Wildman–Crippen LogP) is 2.91. The minimum Gasteiger partial charge on any atom is -0.481 e. The van der Waals surface area contributed by atoms with E-state index in [0.29, 0.717) is 11.8 Å². The third-order valence-electron chi connectivity index (χ3n) is 3.02. The Morgan fingerprint density at radius 2 is 1.90 bits per heavy atom. The van der Waals surface area contributed by atoms with E-state index in [0.717, 1.165) is 16.3 Å². The van der Waals surface area contributed by atoms with Crippen molar-refractivity contribution in [2.75, 3.05) is 0 Å². The number of benzene rings is 2. The van der Waals surface area contributed by atoms with Crippen LogP contribution in [0.5, 0.6) is 0 Å². The zero-order chi connectivity index (χ0) is 13.9. The van der Waals surface area contributed by atoms with E-state index in [1.165, 1.54) is 0 Å². The average Bonchev–Trinajstić information content (AvgIpc) is 2.93. The Hall–Kier alpha value is -2.69. The number of aryl methyl sites for hydroxylation is 1. The van der Waals surface area contributed by atoms with E-state index in [9.17, 15) is 4.79 Å². The molecule has 3 rings (SSSR count). The van der Waals surface area contributed by atoms with Crippen molar-refractivity contribution in [3.05, 3.63) is 48.4 Å². The van der Waals surface area contributed by atoms with Crippen LogP contribution in [0.1, 0.15) is 12.3 Å². The highest BCUT2D eigenvalue weighted by atomic mass is 16.4. The molecule has 0 saturated carbocycles. The number of hydrogen-bond donors (Lipinski definition) is 1. The first-order valence-electron chi connectivity index (χ1n) is 6.26. The molecule has 5 heteroatoms. The second-order valence-corrected chi connectivity index (χ2v) is 4.46. The first-order chi connectivity index (χ1) is 9.72. The molecular formula is C15H12N2O3.